The third-order valence-corrected chi connectivity index (χ3v) is 7.76. The molecule has 5 aromatic rings. The number of aromatic nitrogens is 1. The lowest BCUT2D eigenvalue weighted by atomic mass is 10.2. The van der Waals surface area contributed by atoms with Crippen LogP contribution in [0.5, 0.6) is 0 Å². The van der Waals surface area contributed by atoms with Gasteiger partial charge >= 0.3 is 0 Å². The fourth-order valence-corrected chi connectivity index (χ4v) is 5.58. The van der Waals surface area contributed by atoms with E-state index in [4.69, 9.17) is 11.6 Å². The van der Waals surface area contributed by atoms with Gasteiger partial charge in [-0.25, -0.2) is 8.42 Å². The third kappa shape index (κ3) is 4.98. The molecule has 2 N–H and O–H groups in total. The SMILES string of the molecule is O=C(Cn1cc(S(=O)(=O)c2ccc(Cl)cc2)c2ccccc21)Nc1ccc(Nc2ccccc2)cc1. The van der Waals surface area contributed by atoms with Crippen LogP contribution in [-0.4, -0.2) is 18.9 Å². The van der Waals surface area contributed by atoms with Crippen molar-refractivity contribution in [3.63, 3.8) is 0 Å². The van der Waals surface area contributed by atoms with Gasteiger partial charge in [0.1, 0.15) is 6.54 Å². The Labute approximate surface area is 214 Å². The number of nitrogens with one attached hydrogen (secondary N) is 2. The molecule has 0 saturated carbocycles. The molecular weight excluding hydrogens is 494 g/mol. The molecule has 0 fully saturated rings. The van der Waals surface area contributed by atoms with E-state index in [1.165, 1.54) is 18.3 Å². The number of nitrogens with zero attached hydrogens (tertiary/aromatic N) is 1. The summed E-state index contributed by atoms with van der Waals surface area (Å²) in [6.45, 7) is -0.0410. The third-order valence-electron chi connectivity index (χ3n) is 5.71. The summed E-state index contributed by atoms with van der Waals surface area (Å²) in [5.41, 5.74) is 3.16. The molecule has 1 amide bonds. The number of benzene rings is 4. The zero-order chi connectivity index (χ0) is 25.1. The summed E-state index contributed by atoms with van der Waals surface area (Å²) >= 11 is 5.93. The monoisotopic (exact) mass is 515 g/mol. The first-order chi connectivity index (χ1) is 17.4. The summed E-state index contributed by atoms with van der Waals surface area (Å²) in [7, 11) is -3.80. The first kappa shape index (κ1) is 23.7. The summed E-state index contributed by atoms with van der Waals surface area (Å²) in [5, 5.41) is 7.19. The summed E-state index contributed by atoms with van der Waals surface area (Å²) in [5.74, 6) is -0.269. The lowest BCUT2D eigenvalue weighted by molar-refractivity contribution is -0.116. The standard InChI is InChI=1S/C28H22ClN3O3S/c29-20-10-16-24(17-11-20)36(34,35)27-18-32(26-9-5-4-8-25(26)27)19-28(33)31-23-14-12-22(13-15-23)30-21-6-2-1-3-7-21/h1-18,30H,19H2,(H,31,33). The van der Waals surface area contributed by atoms with Crippen molar-refractivity contribution in [1.29, 1.82) is 0 Å². The van der Waals surface area contributed by atoms with Gasteiger partial charge in [0, 0.05) is 39.2 Å². The van der Waals surface area contributed by atoms with E-state index in [1.807, 2.05) is 60.7 Å². The molecule has 0 bridgehead atoms. The normalized spacial score (nSPS) is 11.4. The number of para-hydroxylation sites is 2. The van der Waals surface area contributed by atoms with Crippen LogP contribution in [0.4, 0.5) is 17.1 Å². The maximum atomic E-state index is 13.3. The highest BCUT2D eigenvalue weighted by molar-refractivity contribution is 7.91. The van der Waals surface area contributed by atoms with Crippen LogP contribution in [0.3, 0.4) is 0 Å². The number of amides is 1. The van der Waals surface area contributed by atoms with Gasteiger partial charge in [0.15, 0.2) is 0 Å². The fraction of sp³-hybridized carbons (Fsp3) is 0.0357. The molecule has 8 heteroatoms. The number of rotatable bonds is 7. The van der Waals surface area contributed by atoms with Crippen molar-refractivity contribution in [2.24, 2.45) is 0 Å². The number of halogens is 1. The lowest BCUT2D eigenvalue weighted by Gasteiger charge is -2.09. The highest BCUT2D eigenvalue weighted by atomic mass is 35.5. The average molecular weight is 516 g/mol. The van der Waals surface area contributed by atoms with Crippen molar-refractivity contribution in [3.8, 4) is 0 Å². The molecule has 1 heterocycles. The van der Waals surface area contributed by atoms with Gasteiger partial charge in [-0.2, -0.15) is 0 Å². The van der Waals surface area contributed by atoms with Crippen molar-refractivity contribution < 1.29 is 13.2 Å². The second-order valence-corrected chi connectivity index (χ2v) is 10.6. The Bertz CT molecular complexity index is 1630. The van der Waals surface area contributed by atoms with Crippen molar-refractivity contribution in [1.82, 2.24) is 4.57 Å². The molecule has 0 atom stereocenters. The molecular formula is C28H22ClN3O3S. The number of hydrogen-bond donors (Lipinski definition) is 2. The lowest BCUT2D eigenvalue weighted by Crippen LogP contribution is -2.18. The fourth-order valence-electron chi connectivity index (χ4n) is 3.98. The minimum Gasteiger partial charge on any atom is -0.356 e. The molecule has 0 unspecified atom stereocenters. The number of anilines is 3. The molecule has 4 aromatic carbocycles. The van der Waals surface area contributed by atoms with Crippen LogP contribution in [0.2, 0.25) is 5.02 Å². The van der Waals surface area contributed by atoms with Crippen molar-refractivity contribution in [3.05, 3.63) is 114 Å². The van der Waals surface area contributed by atoms with E-state index >= 15 is 0 Å². The predicted molar refractivity (Wildman–Crippen MR) is 144 cm³/mol. The van der Waals surface area contributed by atoms with Gasteiger partial charge in [-0.3, -0.25) is 4.79 Å². The summed E-state index contributed by atoms with van der Waals surface area (Å²) in [6, 6.07) is 30.4. The number of sulfone groups is 1. The summed E-state index contributed by atoms with van der Waals surface area (Å²) < 4.78 is 28.4. The highest BCUT2D eigenvalue weighted by Gasteiger charge is 2.24. The number of hydrogen-bond acceptors (Lipinski definition) is 4. The van der Waals surface area contributed by atoms with E-state index in [2.05, 4.69) is 10.6 Å². The predicted octanol–water partition coefficient (Wildman–Crippen LogP) is 6.51. The van der Waals surface area contributed by atoms with Gasteiger partial charge in [0.2, 0.25) is 15.7 Å². The van der Waals surface area contributed by atoms with Crippen molar-refractivity contribution >= 4 is 55.3 Å². The van der Waals surface area contributed by atoms with Crippen LogP contribution in [0.1, 0.15) is 0 Å². The topological polar surface area (TPSA) is 80.2 Å². The van der Waals surface area contributed by atoms with Crippen LogP contribution in [0.25, 0.3) is 10.9 Å². The Hall–Kier alpha value is -4.07. The first-order valence-corrected chi connectivity index (χ1v) is 13.1. The zero-order valence-corrected chi connectivity index (χ0v) is 20.6. The molecule has 0 spiro atoms. The molecule has 1 aromatic heterocycles. The minimum absolute atomic E-state index is 0.0410. The van der Waals surface area contributed by atoms with E-state index in [-0.39, 0.29) is 22.2 Å². The maximum Gasteiger partial charge on any atom is 0.244 e. The van der Waals surface area contributed by atoms with Crippen LogP contribution in [0, 0.1) is 0 Å². The smallest absolute Gasteiger partial charge is 0.244 e. The van der Waals surface area contributed by atoms with Crippen LogP contribution in [0.15, 0.2) is 119 Å². The van der Waals surface area contributed by atoms with E-state index in [1.54, 1.807) is 34.9 Å². The molecule has 0 aliphatic carbocycles. The largest absolute Gasteiger partial charge is 0.356 e. The van der Waals surface area contributed by atoms with E-state index in [0.717, 1.165) is 11.4 Å². The van der Waals surface area contributed by atoms with E-state index in [0.29, 0.717) is 21.6 Å². The van der Waals surface area contributed by atoms with E-state index < -0.39 is 9.84 Å². The second kappa shape index (κ2) is 9.89. The molecule has 0 saturated heterocycles. The highest BCUT2D eigenvalue weighted by Crippen LogP contribution is 2.31. The van der Waals surface area contributed by atoms with Gasteiger partial charge < -0.3 is 15.2 Å². The molecule has 0 radical (unpaired) electrons. The van der Waals surface area contributed by atoms with Crippen LogP contribution < -0.4 is 10.6 Å². The van der Waals surface area contributed by atoms with Crippen molar-refractivity contribution in [2.75, 3.05) is 10.6 Å². The maximum absolute atomic E-state index is 13.3. The minimum atomic E-state index is -3.80. The van der Waals surface area contributed by atoms with Gasteiger partial charge in [0.25, 0.3) is 0 Å². The molecule has 6 nitrogen and oxygen atoms in total. The van der Waals surface area contributed by atoms with Crippen LogP contribution >= 0.6 is 11.6 Å². The Morgan fingerprint density at radius 2 is 1.36 bits per heavy atom. The Balaban J connectivity index is 1.35. The zero-order valence-electron chi connectivity index (χ0n) is 19.1. The second-order valence-electron chi connectivity index (χ2n) is 8.21. The van der Waals surface area contributed by atoms with Gasteiger partial charge in [-0.05, 0) is 66.7 Å². The van der Waals surface area contributed by atoms with Crippen molar-refractivity contribution in [2.45, 2.75) is 16.3 Å². The Morgan fingerprint density at radius 3 is 2.08 bits per heavy atom. The quantitative estimate of drug-likeness (QED) is 0.259. The first-order valence-electron chi connectivity index (χ1n) is 11.2. The average Bonchev–Trinajstić information content (AvgIpc) is 3.25. The molecule has 0 aliphatic rings. The van der Waals surface area contributed by atoms with E-state index in [9.17, 15) is 13.2 Å². The molecule has 180 valence electrons. The van der Waals surface area contributed by atoms with Gasteiger partial charge in [0.05, 0.1) is 9.79 Å². The number of carbonyl (C=O) groups excluding carboxylic acids is 1. The van der Waals surface area contributed by atoms with Crippen LogP contribution in [-0.2, 0) is 21.2 Å². The molecule has 0 aliphatic heterocycles. The summed E-state index contributed by atoms with van der Waals surface area (Å²) in [4.78, 5) is 13.1. The van der Waals surface area contributed by atoms with Gasteiger partial charge in [-0.15, -0.1) is 0 Å². The molecule has 5 rings (SSSR count). The molecule has 36 heavy (non-hydrogen) atoms. The summed E-state index contributed by atoms with van der Waals surface area (Å²) in [6.07, 6.45) is 1.51. The number of fused-ring (bicyclic) bond motifs is 1. The Kier molecular flexibility index (Phi) is 6.50. The Morgan fingerprint density at radius 1 is 0.750 bits per heavy atom. The van der Waals surface area contributed by atoms with Gasteiger partial charge in [-0.1, -0.05) is 48.0 Å². The number of carbonyl (C=O) groups is 1.